The molecule has 0 aromatic heterocycles. The molecular formula is C15H17Cl2NO3. The third kappa shape index (κ3) is 3.51. The lowest BCUT2D eigenvalue weighted by atomic mass is 9.95. The minimum absolute atomic E-state index is 0.00937. The number of aliphatic hydroxyl groups is 1. The molecule has 2 N–H and O–H groups in total. The molecule has 1 aromatic carbocycles. The van der Waals surface area contributed by atoms with E-state index in [0.29, 0.717) is 15.6 Å². The molecule has 4 nitrogen and oxygen atoms in total. The van der Waals surface area contributed by atoms with Crippen molar-refractivity contribution in [3.63, 3.8) is 0 Å². The summed E-state index contributed by atoms with van der Waals surface area (Å²) in [5.41, 5.74) is 0.548. The molecule has 21 heavy (non-hydrogen) atoms. The average Bonchev–Trinajstić information content (AvgIpc) is 2.99. The lowest BCUT2D eigenvalue weighted by Gasteiger charge is -2.21. The van der Waals surface area contributed by atoms with E-state index in [1.807, 2.05) is 0 Å². The Bertz CT molecular complexity index is 531. The third-order valence-electron chi connectivity index (χ3n) is 4.10. The molecule has 6 heteroatoms. The van der Waals surface area contributed by atoms with Gasteiger partial charge in [0.15, 0.2) is 0 Å². The SMILES string of the molecule is O=C(CC(O)c1cc(Cl)cc(Cl)c1)NC1CC2CCC1O2. The van der Waals surface area contributed by atoms with Gasteiger partial charge >= 0.3 is 0 Å². The Kier molecular flexibility index (Phi) is 4.41. The molecule has 0 aliphatic carbocycles. The summed E-state index contributed by atoms with van der Waals surface area (Å²) in [6.45, 7) is 0. The number of benzene rings is 1. The normalized spacial score (nSPS) is 28.6. The van der Waals surface area contributed by atoms with E-state index in [1.165, 1.54) is 0 Å². The highest BCUT2D eigenvalue weighted by atomic mass is 35.5. The Hall–Kier alpha value is -0.810. The first-order valence-electron chi connectivity index (χ1n) is 7.10. The second-order valence-corrected chi connectivity index (χ2v) is 6.58. The van der Waals surface area contributed by atoms with Crippen molar-refractivity contribution in [2.24, 2.45) is 0 Å². The van der Waals surface area contributed by atoms with Crippen molar-refractivity contribution in [3.8, 4) is 0 Å². The lowest BCUT2D eigenvalue weighted by Crippen LogP contribution is -2.41. The number of carbonyl (C=O) groups excluding carboxylic acids is 1. The smallest absolute Gasteiger partial charge is 0.223 e. The zero-order valence-electron chi connectivity index (χ0n) is 11.4. The van der Waals surface area contributed by atoms with E-state index in [-0.39, 0.29) is 30.6 Å². The fourth-order valence-electron chi connectivity index (χ4n) is 3.12. The largest absolute Gasteiger partial charge is 0.388 e. The number of halogens is 2. The first kappa shape index (κ1) is 15.1. The zero-order chi connectivity index (χ0) is 15.0. The Morgan fingerprint density at radius 1 is 1.33 bits per heavy atom. The standard InChI is InChI=1S/C15H17Cl2NO3/c16-9-3-8(4-10(17)5-9)13(19)7-15(20)18-12-6-11-1-2-14(12)21-11/h3-5,11-14,19H,1-2,6-7H2,(H,18,20). The van der Waals surface area contributed by atoms with Crippen LogP contribution in [0.25, 0.3) is 0 Å². The van der Waals surface area contributed by atoms with Crippen molar-refractivity contribution in [1.82, 2.24) is 5.32 Å². The van der Waals surface area contributed by atoms with Gasteiger partial charge in [0.05, 0.1) is 30.8 Å². The molecule has 1 aromatic rings. The van der Waals surface area contributed by atoms with Gasteiger partial charge < -0.3 is 15.2 Å². The van der Waals surface area contributed by atoms with Crippen LogP contribution in [0.1, 0.15) is 37.4 Å². The van der Waals surface area contributed by atoms with Gasteiger partial charge in [-0.2, -0.15) is 0 Å². The van der Waals surface area contributed by atoms with Crippen LogP contribution in [0.2, 0.25) is 10.0 Å². The van der Waals surface area contributed by atoms with Gasteiger partial charge in [0, 0.05) is 10.0 Å². The molecule has 3 rings (SSSR count). The number of rotatable bonds is 4. The van der Waals surface area contributed by atoms with Gasteiger partial charge in [-0.25, -0.2) is 0 Å². The predicted molar refractivity (Wildman–Crippen MR) is 80.5 cm³/mol. The Balaban J connectivity index is 1.56. The molecule has 2 heterocycles. The molecule has 0 radical (unpaired) electrons. The van der Waals surface area contributed by atoms with E-state index in [2.05, 4.69) is 5.32 Å². The van der Waals surface area contributed by atoms with Crippen LogP contribution in [0.4, 0.5) is 0 Å². The van der Waals surface area contributed by atoms with Crippen LogP contribution < -0.4 is 5.32 Å². The lowest BCUT2D eigenvalue weighted by molar-refractivity contribution is -0.124. The maximum absolute atomic E-state index is 12.0. The first-order chi connectivity index (χ1) is 10.0. The summed E-state index contributed by atoms with van der Waals surface area (Å²) in [5.74, 6) is -0.181. The Labute approximate surface area is 133 Å². The Morgan fingerprint density at radius 3 is 2.62 bits per heavy atom. The monoisotopic (exact) mass is 329 g/mol. The van der Waals surface area contributed by atoms with Gasteiger partial charge in [-0.15, -0.1) is 0 Å². The summed E-state index contributed by atoms with van der Waals surface area (Å²) < 4.78 is 5.69. The second-order valence-electron chi connectivity index (χ2n) is 5.71. The van der Waals surface area contributed by atoms with Crippen molar-refractivity contribution in [2.75, 3.05) is 0 Å². The molecular weight excluding hydrogens is 313 g/mol. The third-order valence-corrected chi connectivity index (χ3v) is 4.54. The molecule has 0 spiro atoms. The molecule has 2 aliphatic heterocycles. The minimum Gasteiger partial charge on any atom is -0.388 e. The first-order valence-corrected chi connectivity index (χ1v) is 7.86. The zero-order valence-corrected chi connectivity index (χ0v) is 12.9. The van der Waals surface area contributed by atoms with E-state index in [1.54, 1.807) is 18.2 Å². The number of hydrogen-bond acceptors (Lipinski definition) is 3. The highest BCUT2D eigenvalue weighted by Gasteiger charge is 2.41. The summed E-state index contributed by atoms with van der Waals surface area (Å²) in [5, 5.41) is 14.0. The van der Waals surface area contributed by atoms with Gasteiger partial charge in [0.25, 0.3) is 0 Å². The predicted octanol–water partition coefficient (Wildman–Crippen LogP) is 2.85. The summed E-state index contributed by atoms with van der Waals surface area (Å²) in [6.07, 6.45) is 2.46. The number of amides is 1. The fraction of sp³-hybridized carbons (Fsp3) is 0.533. The minimum atomic E-state index is -0.916. The van der Waals surface area contributed by atoms with E-state index in [4.69, 9.17) is 27.9 Å². The number of nitrogens with one attached hydrogen (secondary N) is 1. The van der Waals surface area contributed by atoms with Crippen LogP contribution in [0.3, 0.4) is 0 Å². The van der Waals surface area contributed by atoms with Gasteiger partial charge in [0.1, 0.15) is 0 Å². The maximum atomic E-state index is 12.0. The highest BCUT2D eigenvalue weighted by Crippen LogP contribution is 2.34. The molecule has 2 bridgehead atoms. The van der Waals surface area contributed by atoms with Crippen LogP contribution in [-0.4, -0.2) is 29.3 Å². The molecule has 4 unspecified atom stereocenters. The molecule has 2 aliphatic rings. The van der Waals surface area contributed by atoms with E-state index < -0.39 is 6.10 Å². The van der Waals surface area contributed by atoms with E-state index in [0.717, 1.165) is 19.3 Å². The quantitative estimate of drug-likeness (QED) is 0.892. The van der Waals surface area contributed by atoms with Crippen LogP contribution in [-0.2, 0) is 9.53 Å². The van der Waals surface area contributed by atoms with Crippen molar-refractivity contribution in [3.05, 3.63) is 33.8 Å². The van der Waals surface area contributed by atoms with Crippen LogP contribution in [0, 0.1) is 0 Å². The second kappa shape index (κ2) is 6.13. The van der Waals surface area contributed by atoms with Crippen molar-refractivity contribution < 1.29 is 14.6 Å². The van der Waals surface area contributed by atoms with E-state index in [9.17, 15) is 9.90 Å². The van der Waals surface area contributed by atoms with Crippen LogP contribution in [0.5, 0.6) is 0 Å². The molecule has 1 amide bonds. The van der Waals surface area contributed by atoms with Gasteiger partial charge in [-0.3, -0.25) is 4.79 Å². The number of aliphatic hydroxyl groups excluding tert-OH is 1. The Morgan fingerprint density at radius 2 is 2.05 bits per heavy atom. The summed E-state index contributed by atoms with van der Waals surface area (Å²) >= 11 is 11.8. The number of carbonyl (C=O) groups is 1. The number of ether oxygens (including phenoxy) is 1. The average molecular weight is 330 g/mol. The summed E-state index contributed by atoms with van der Waals surface area (Å²) in [6, 6.07) is 4.90. The maximum Gasteiger partial charge on any atom is 0.223 e. The molecule has 114 valence electrons. The topological polar surface area (TPSA) is 58.6 Å². The molecule has 2 fully saturated rings. The van der Waals surface area contributed by atoms with Crippen molar-refractivity contribution in [1.29, 1.82) is 0 Å². The van der Waals surface area contributed by atoms with Crippen LogP contribution in [0.15, 0.2) is 18.2 Å². The number of hydrogen-bond donors (Lipinski definition) is 2. The van der Waals surface area contributed by atoms with Crippen molar-refractivity contribution >= 4 is 29.1 Å². The molecule has 2 saturated heterocycles. The fourth-order valence-corrected chi connectivity index (χ4v) is 3.66. The van der Waals surface area contributed by atoms with Gasteiger partial charge in [-0.1, -0.05) is 23.2 Å². The van der Waals surface area contributed by atoms with E-state index >= 15 is 0 Å². The summed E-state index contributed by atoms with van der Waals surface area (Å²) in [4.78, 5) is 12.0. The summed E-state index contributed by atoms with van der Waals surface area (Å²) in [7, 11) is 0. The van der Waals surface area contributed by atoms with Crippen molar-refractivity contribution in [2.45, 2.75) is 50.0 Å². The van der Waals surface area contributed by atoms with Crippen LogP contribution >= 0.6 is 23.2 Å². The number of fused-ring (bicyclic) bond motifs is 2. The van der Waals surface area contributed by atoms with Gasteiger partial charge in [0.2, 0.25) is 5.91 Å². The highest BCUT2D eigenvalue weighted by molar-refractivity contribution is 6.34. The van der Waals surface area contributed by atoms with Gasteiger partial charge in [-0.05, 0) is 43.0 Å². The molecule has 0 saturated carbocycles. The molecule has 4 atom stereocenters.